The number of nitrogens with one attached hydrogen (secondary N) is 1. The first-order valence-electron chi connectivity index (χ1n) is 6.43. The van der Waals surface area contributed by atoms with Gasteiger partial charge in [0.15, 0.2) is 0 Å². The van der Waals surface area contributed by atoms with Crippen LogP contribution in [-0.4, -0.2) is 25.6 Å². The lowest BCUT2D eigenvalue weighted by atomic mass is 10.3. The van der Waals surface area contributed by atoms with Gasteiger partial charge >= 0.3 is 0 Å². The van der Waals surface area contributed by atoms with Crippen molar-refractivity contribution in [1.82, 2.24) is 24.4 Å². The van der Waals surface area contributed by atoms with Crippen LogP contribution in [0.2, 0.25) is 0 Å². The smallest absolute Gasteiger partial charge is 0.123 e. The number of imidazole rings is 2. The number of hydrogen-bond acceptors (Lipinski definition) is 3. The molecule has 0 saturated heterocycles. The Morgan fingerprint density at radius 2 is 2.22 bits per heavy atom. The van der Waals surface area contributed by atoms with Crippen LogP contribution in [0.15, 0.2) is 24.9 Å². The third-order valence-electron chi connectivity index (χ3n) is 2.97. The normalized spacial score (nSPS) is 11.3. The molecule has 0 bridgehead atoms. The van der Waals surface area contributed by atoms with Gasteiger partial charge in [-0.05, 0) is 20.4 Å². The van der Waals surface area contributed by atoms with E-state index in [1.807, 2.05) is 24.9 Å². The highest BCUT2D eigenvalue weighted by Gasteiger charge is 2.08. The summed E-state index contributed by atoms with van der Waals surface area (Å²) in [4.78, 5) is 8.61. The van der Waals surface area contributed by atoms with Crippen molar-refractivity contribution in [3.63, 3.8) is 0 Å². The zero-order valence-corrected chi connectivity index (χ0v) is 11.3. The van der Waals surface area contributed by atoms with Crippen LogP contribution >= 0.6 is 0 Å². The fraction of sp³-hybridized carbons (Fsp3) is 0.538. The molecule has 5 nitrogen and oxygen atoms in total. The van der Waals surface area contributed by atoms with Crippen LogP contribution < -0.4 is 5.32 Å². The van der Waals surface area contributed by atoms with Crippen LogP contribution in [0.5, 0.6) is 0 Å². The van der Waals surface area contributed by atoms with Gasteiger partial charge in [0.05, 0.1) is 25.1 Å². The molecule has 0 aliphatic heterocycles. The molecule has 98 valence electrons. The summed E-state index contributed by atoms with van der Waals surface area (Å²) in [5.41, 5.74) is 1.21. The van der Waals surface area contributed by atoms with Crippen molar-refractivity contribution in [3.8, 4) is 0 Å². The molecule has 0 aliphatic rings. The summed E-state index contributed by atoms with van der Waals surface area (Å²) in [7, 11) is 0. The van der Waals surface area contributed by atoms with Crippen LogP contribution in [0.25, 0.3) is 0 Å². The van der Waals surface area contributed by atoms with E-state index in [-0.39, 0.29) is 0 Å². The van der Waals surface area contributed by atoms with E-state index in [0.717, 1.165) is 25.5 Å². The van der Waals surface area contributed by atoms with Crippen LogP contribution in [0.4, 0.5) is 0 Å². The molecule has 0 unspecified atom stereocenters. The predicted octanol–water partition coefficient (Wildman–Crippen LogP) is 1.82. The van der Waals surface area contributed by atoms with Crippen molar-refractivity contribution in [2.24, 2.45) is 0 Å². The van der Waals surface area contributed by atoms with E-state index in [9.17, 15) is 0 Å². The molecule has 0 radical (unpaired) electrons. The second kappa shape index (κ2) is 5.82. The van der Waals surface area contributed by atoms with Crippen molar-refractivity contribution in [3.05, 3.63) is 36.4 Å². The monoisotopic (exact) mass is 247 g/mol. The quantitative estimate of drug-likeness (QED) is 0.847. The summed E-state index contributed by atoms with van der Waals surface area (Å²) >= 11 is 0. The van der Waals surface area contributed by atoms with Gasteiger partial charge in [-0.2, -0.15) is 0 Å². The molecule has 0 aliphatic carbocycles. The van der Waals surface area contributed by atoms with Crippen molar-refractivity contribution >= 4 is 0 Å². The largest absolute Gasteiger partial charge is 0.330 e. The second-order valence-electron chi connectivity index (χ2n) is 4.64. The average molecular weight is 247 g/mol. The third kappa shape index (κ3) is 2.79. The maximum Gasteiger partial charge on any atom is 0.123 e. The Labute approximate surface area is 108 Å². The highest BCUT2D eigenvalue weighted by Crippen LogP contribution is 2.11. The van der Waals surface area contributed by atoms with E-state index in [0.29, 0.717) is 6.04 Å². The zero-order chi connectivity index (χ0) is 13.0. The van der Waals surface area contributed by atoms with Crippen LogP contribution in [0.3, 0.4) is 0 Å². The minimum atomic E-state index is 0.434. The fourth-order valence-corrected chi connectivity index (χ4v) is 1.98. The third-order valence-corrected chi connectivity index (χ3v) is 2.97. The van der Waals surface area contributed by atoms with Crippen LogP contribution in [0.1, 0.15) is 38.3 Å². The Bertz CT molecular complexity index is 483. The van der Waals surface area contributed by atoms with E-state index in [1.165, 1.54) is 5.69 Å². The standard InChI is InChI=1S/C13H21N5/c1-4-14-8-13-16-5-6-17(13)9-12-7-15-10-18(12)11(2)3/h5-7,10-11,14H,4,8-9H2,1-3H3. The first-order chi connectivity index (χ1) is 8.72. The van der Waals surface area contributed by atoms with Gasteiger partial charge in [-0.15, -0.1) is 0 Å². The van der Waals surface area contributed by atoms with Crippen molar-refractivity contribution in [1.29, 1.82) is 0 Å². The molecular formula is C13H21N5. The Hall–Kier alpha value is -1.62. The van der Waals surface area contributed by atoms with Gasteiger partial charge in [0.25, 0.3) is 0 Å². The van der Waals surface area contributed by atoms with E-state index >= 15 is 0 Å². The summed E-state index contributed by atoms with van der Waals surface area (Å²) < 4.78 is 4.36. The summed E-state index contributed by atoms with van der Waals surface area (Å²) in [6.45, 7) is 9.01. The molecule has 18 heavy (non-hydrogen) atoms. The molecule has 0 spiro atoms. The van der Waals surface area contributed by atoms with Crippen molar-refractivity contribution < 1.29 is 0 Å². The minimum Gasteiger partial charge on any atom is -0.330 e. The lowest BCUT2D eigenvalue weighted by molar-refractivity contribution is 0.551. The zero-order valence-electron chi connectivity index (χ0n) is 11.3. The van der Waals surface area contributed by atoms with Crippen LogP contribution in [0, 0.1) is 0 Å². The number of aromatic nitrogens is 4. The van der Waals surface area contributed by atoms with Gasteiger partial charge < -0.3 is 14.5 Å². The molecule has 0 fully saturated rings. The molecule has 1 N–H and O–H groups in total. The Morgan fingerprint density at radius 1 is 1.39 bits per heavy atom. The first-order valence-corrected chi connectivity index (χ1v) is 6.43. The second-order valence-corrected chi connectivity index (χ2v) is 4.64. The van der Waals surface area contributed by atoms with Crippen molar-refractivity contribution in [2.45, 2.75) is 39.9 Å². The number of hydrogen-bond donors (Lipinski definition) is 1. The molecule has 0 saturated carbocycles. The Morgan fingerprint density at radius 3 is 2.94 bits per heavy atom. The van der Waals surface area contributed by atoms with E-state index in [4.69, 9.17) is 0 Å². The van der Waals surface area contributed by atoms with Gasteiger partial charge in [-0.3, -0.25) is 0 Å². The topological polar surface area (TPSA) is 47.7 Å². The van der Waals surface area contributed by atoms with Gasteiger partial charge in [0.2, 0.25) is 0 Å². The fourth-order valence-electron chi connectivity index (χ4n) is 1.98. The molecule has 0 amide bonds. The molecule has 0 aromatic carbocycles. The minimum absolute atomic E-state index is 0.434. The summed E-state index contributed by atoms with van der Waals surface area (Å²) in [6, 6.07) is 0.434. The highest BCUT2D eigenvalue weighted by atomic mass is 15.1. The van der Waals surface area contributed by atoms with Crippen LogP contribution in [-0.2, 0) is 13.1 Å². The maximum atomic E-state index is 4.38. The SMILES string of the molecule is CCNCc1nccn1Cc1cncn1C(C)C. The predicted molar refractivity (Wildman–Crippen MR) is 71.3 cm³/mol. The molecule has 2 aromatic rings. The van der Waals surface area contributed by atoms with E-state index < -0.39 is 0 Å². The number of rotatable bonds is 6. The molecule has 2 aromatic heterocycles. The van der Waals surface area contributed by atoms with Gasteiger partial charge in [0, 0.05) is 24.6 Å². The molecule has 2 heterocycles. The molecule has 5 heteroatoms. The number of nitrogens with zero attached hydrogens (tertiary/aromatic N) is 4. The summed E-state index contributed by atoms with van der Waals surface area (Å²) in [5, 5.41) is 3.30. The Kier molecular flexibility index (Phi) is 4.15. The van der Waals surface area contributed by atoms with Gasteiger partial charge in [-0.25, -0.2) is 9.97 Å². The summed E-state index contributed by atoms with van der Waals surface area (Å²) in [6.07, 6.45) is 7.69. The van der Waals surface area contributed by atoms with Crippen molar-refractivity contribution in [2.75, 3.05) is 6.54 Å². The Balaban J connectivity index is 2.13. The average Bonchev–Trinajstić information content (AvgIpc) is 2.96. The maximum absolute atomic E-state index is 4.38. The van der Waals surface area contributed by atoms with E-state index in [1.54, 1.807) is 0 Å². The first kappa shape index (κ1) is 12.8. The lowest BCUT2D eigenvalue weighted by Gasteiger charge is -2.13. The summed E-state index contributed by atoms with van der Waals surface area (Å²) in [5.74, 6) is 1.06. The highest BCUT2D eigenvalue weighted by molar-refractivity contribution is 5.04. The van der Waals surface area contributed by atoms with E-state index in [2.05, 4.69) is 45.2 Å². The molecular weight excluding hydrogens is 226 g/mol. The molecule has 0 atom stereocenters. The molecule has 2 rings (SSSR count). The lowest BCUT2D eigenvalue weighted by Crippen LogP contribution is -2.17. The van der Waals surface area contributed by atoms with Gasteiger partial charge in [0.1, 0.15) is 5.82 Å². The van der Waals surface area contributed by atoms with Gasteiger partial charge in [-0.1, -0.05) is 6.92 Å².